The third-order valence-corrected chi connectivity index (χ3v) is 7.33. The number of nitrogens with one attached hydrogen (secondary N) is 4. The monoisotopic (exact) mass is 536 g/mol. The summed E-state index contributed by atoms with van der Waals surface area (Å²) in [6.07, 6.45) is -0.0877. The summed E-state index contributed by atoms with van der Waals surface area (Å²) in [6, 6.07) is 11.7. The van der Waals surface area contributed by atoms with Crippen molar-refractivity contribution in [1.29, 1.82) is 0 Å². The van der Waals surface area contributed by atoms with Gasteiger partial charge in [0.25, 0.3) is 5.56 Å². The van der Waals surface area contributed by atoms with Crippen LogP contribution >= 0.6 is 11.8 Å². The molecule has 5 N–H and O–H groups in total. The summed E-state index contributed by atoms with van der Waals surface area (Å²) >= 11 is 1.06. The molecule has 0 radical (unpaired) electrons. The second-order valence-corrected chi connectivity index (χ2v) is 10.3. The first-order valence-corrected chi connectivity index (χ1v) is 12.7. The van der Waals surface area contributed by atoms with Crippen LogP contribution in [0, 0.1) is 13.8 Å². The third kappa shape index (κ3) is 5.80. The fourth-order valence-electron chi connectivity index (χ4n) is 3.97. The van der Waals surface area contributed by atoms with Crippen LogP contribution in [0.4, 0.5) is 11.4 Å². The molecule has 2 aromatic carbocycles. The number of carbonyl (C=O) groups is 2. The number of aromatic amines is 2. The first kappa shape index (κ1) is 26.7. The van der Waals surface area contributed by atoms with E-state index < -0.39 is 34.3 Å². The lowest BCUT2D eigenvalue weighted by molar-refractivity contribution is -0.122. The first-order valence-electron chi connectivity index (χ1n) is 11.8. The van der Waals surface area contributed by atoms with E-state index in [1.54, 1.807) is 18.2 Å². The van der Waals surface area contributed by atoms with Gasteiger partial charge in [0.15, 0.2) is 5.17 Å². The highest BCUT2D eigenvalue weighted by Crippen LogP contribution is 2.32. The molecule has 1 aliphatic rings. The van der Waals surface area contributed by atoms with Crippen molar-refractivity contribution in [1.82, 2.24) is 15.3 Å². The minimum absolute atomic E-state index is 0.0877. The molecule has 2 atom stereocenters. The smallest absolute Gasteiger partial charge is 0.328 e. The Morgan fingerprint density at radius 2 is 1.82 bits per heavy atom. The van der Waals surface area contributed by atoms with Crippen molar-refractivity contribution in [2.45, 2.75) is 31.6 Å². The summed E-state index contributed by atoms with van der Waals surface area (Å²) in [4.78, 5) is 60.4. The number of thioether (sulfide) groups is 1. The van der Waals surface area contributed by atoms with Crippen LogP contribution in [-0.2, 0) is 9.59 Å². The standard InChI is InChI=1S/C26H28N6O5S/c1-13-6-5-7-17(14(13)2)27-19(33)12-18-22(34)31-26(38-18)28-21(15-8-10-16(11-9-15)32(3)4)20-23(35)29-25(37)30-24(20)36/h5-11,18,21H,12H2,1-4H3,(H,27,33)(H,28,31,34)(H3,29,30,35,36,37)/t18-,21-/m0/s1. The summed E-state index contributed by atoms with van der Waals surface area (Å²) in [5.41, 5.74) is 2.26. The molecule has 1 aliphatic heterocycles. The van der Waals surface area contributed by atoms with Crippen LogP contribution in [-0.4, -0.2) is 51.4 Å². The Balaban J connectivity index is 1.61. The maximum Gasteiger partial charge on any atom is 0.328 e. The molecule has 0 aliphatic carbocycles. The SMILES string of the molecule is Cc1cccc(NC(=O)C[C@@H]2SC(=N[C@@H](c3ccc(N(C)C)cc3)c3c(O)[nH]c(=O)[nH]c3=O)NC2=O)c1C. The Morgan fingerprint density at radius 1 is 1.11 bits per heavy atom. The second kappa shape index (κ2) is 11.0. The lowest BCUT2D eigenvalue weighted by atomic mass is 10.0. The van der Waals surface area contributed by atoms with E-state index in [9.17, 15) is 24.3 Å². The number of amides is 2. The van der Waals surface area contributed by atoms with Crippen molar-refractivity contribution >= 4 is 40.1 Å². The highest BCUT2D eigenvalue weighted by atomic mass is 32.2. The molecule has 38 heavy (non-hydrogen) atoms. The minimum Gasteiger partial charge on any atom is -0.494 e. The van der Waals surface area contributed by atoms with Gasteiger partial charge in [-0.25, -0.2) is 9.79 Å². The largest absolute Gasteiger partial charge is 0.494 e. The Labute approximate surface area is 222 Å². The molecule has 1 fully saturated rings. The Kier molecular flexibility index (Phi) is 7.72. The van der Waals surface area contributed by atoms with Gasteiger partial charge in [-0.2, -0.15) is 0 Å². The number of anilines is 2. The van der Waals surface area contributed by atoms with Gasteiger partial charge in [0.1, 0.15) is 16.9 Å². The normalized spacial score (nSPS) is 16.8. The van der Waals surface area contributed by atoms with Crippen LogP contribution in [0.1, 0.15) is 34.7 Å². The van der Waals surface area contributed by atoms with Gasteiger partial charge < -0.3 is 20.6 Å². The summed E-state index contributed by atoms with van der Waals surface area (Å²) in [7, 11) is 3.76. The van der Waals surface area contributed by atoms with Gasteiger partial charge in [0, 0.05) is 31.9 Å². The van der Waals surface area contributed by atoms with Gasteiger partial charge in [0.05, 0.1) is 0 Å². The van der Waals surface area contributed by atoms with Gasteiger partial charge in [-0.1, -0.05) is 36.0 Å². The van der Waals surface area contributed by atoms with Crippen LogP contribution in [0.3, 0.4) is 0 Å². The summed E-state index contributed by atoms with van der Waals surface area (Å²) in [5, 5.41) is 15.4. The van der Waals surface area contributed by atoms with Gasteiger partial charge in [-0.15, -0.1) is 0 Å². The van der Waals surface area contributed by atoms with E-state index in [2.05, 4.69) is 25.6 Å². The lowest BCUT2D eigenvalue weighted by Gasteiger charge is -2.17. The van der Waals surface area contributed by atoms with E-state index in [1.807, 2.05) is 57.1 Å². The van der Waals surface area contributed by atoms with Crippen LogP contribution < -0.4 is 26.8 Å². The zero-order valence-electron chi connectivity index (χ0n) is 21.3. The third-order valence-electron chi connectivity index (χ3n) is 6.23. The molecular weight excluding hydrogens is 508 g/mol. The minimum atomic E-state index is -1.04. The fraction of sp³-hybridized carbons (Fsp3) is 0.269. The molecule has 2 amide bonds. The quantitative estimate of drug-likeness (QED) is 0.309. The van der Waals surface area contributed by atoms with Crippen molar-refractivity contribution < 1.29 is 14.7 Å². The molecule has 2 heterocycles. The second-order valence-electron chi connectivity index (χ2n) is 9.09. The van der Waals surface area contributed by atoms with E-state index >= 15 is 0 Å². The molecule has 3 aromatic rings. The molecule has 0 spiro atoms. The number of benzene rings is 2. The predicted molar refractivity (Wildman–Crippen MR) is 148 cm³/mol. The Morgan fingerprint density at radius 3 is 2.47 bits per heavy atom. The van der Waals surface area contributed by atoms with Crippen LogP contribution in [0.25, 0.3) is 0 Å². The van der Waals surface area contributed by atoms with E-state index in [-0.39, 0.29) is 23.1 Å². The van der Waals surface area contributed by atoms with Gasteiger partial charge >= 0.3 is 5.69 Å². The number of aliphatic imine (C=N–C) groups is 1. The number of rotatable bonds is 7. The summed E-state index contributed by atoms with van der Waals surface area (Å²) in [5.74, 6) is -1.34. The lowest BCUT2D eigenvalue weighted by Crippen LogP contribution is -2.29. The number of aryl methyl sites for hydroxylation is 1. The molecule has 198 valence electrons. The number of aromatic nitrogens is 2. The maximum atomic E-state index is 12.7. The molecule has 0 saturated carbocycles. The molecule has 12 heteroatoms. The molecule has 0 bridgehead atoms. The van der Waals surface area contributed by atoms with Crippen LogP contribution in [0.2, 0.25) is 0 Å². The summed E-state index contributed by atoms with van der Waals surface area (Å²) < 4.78 is 0. The van der Waals surface area contributed by atoms with E-state index in [4.69, 9.17) is 0 Å². The number of nitrogens with zero attached hydrogens (tertiary/aromatic N) is 2. The number of carbonyl (C=O) groups excluding carboxylic acids is 2. The topological polar surface area (TPSA) is 160 Å². The van der Waals surface area contributed by atoms with Gasteiger partial charge in [-0.05, 0) is 48.7 Å². The predicted octanol–water partition coefficient (Wildman–Crippen LogP) is 2.16. The number of aromatic hydroxyl groups is 1. The zero-order valence-corrected chi connectivity index (χ0v) is 22.1. The van der Waals surface area contributed by atoms with Gasteiger partial charge in [0.2, 0.25) is 17.7 Å². The van der Waals surface area contributed by atoms with E-state index in [0.29, 0.717) is 11.3 Å². The van der Waals surface area contributed by atoms with Crippen molar-refractivity contribution in [3.8, 4) is 5.88 Å². The average molecular weight is 537 g/mol. The van der Waals surface area contributed by atoms with E-state index in [0.717, 1.165) is 28.6 Å². The van der Waals surface area contributed by atoms with Crippen molar-refractivity contribution in [3.05, 3.63) is 85.6 Å². The van der Waals surface area contributed by atoms with Crippen molar-refractivity contribution in [2.75, 3.05) is 24.3 Å². The molecule has 11 nitrogen and oxygen atoms in total. The average Bonchev–Trinajstić information content (AvgIpc) is 3.19. The number of hydrogen-bond acceptors (Lipinski definition) is 8. The number of H-pyrrole nitrogens is 2. The molecule has 1 saturated heterocycles. The van der Waals surface area contributed by atoms with Crippen molar-refractivity contribution in [2.24, 2.45) is 4.99 Å². The molecular formula is C26H28N6O5S. The van der Waals surface area contributed by atoms with Crippen LogP contribution in [0.5, 0.6) is 5.88 Å². The Bertz CT molecular complexity index is 1530. The summed E-state index contributed by atoms with van der Waals surface area (Å²) in [6.45, 7) is 3.86. The highest BCUT2D eigenvalue weighted by Gasteiger charge is 2.34. The molecule has 0 unspecified atom stereocenters. The fourth-order valence-corrected chi connectivity index (χ4v) is 4.97. The molecule has 4 rings (SSSR count). The zero-order chi connectivity index (χ0) is 27.6. The molecule has 1 aromatic heterocycles. The first-order chi connectivity index (χ1) is 18.0. The van der Waals surface area contributed by atoms with E-state index in [1.165, 1.54) is 0 Å². The van der Waals surface area contributed by atoms with Crippen molar-refractivity contribution in [3.63, 3.8) is 0 Å². The Hall–Kier alpha value is -4.32. The maximum absolute atomic E-state index is 12.7. The number of amidine groups is 1. The van der Waals surface area contributed by atoms with Crippen LogP contribution in [0.15, 0.2) is 57.0 Å². The number of hydrogen-bond donors (Lipinski definition) is 5. The highest BCUT2D eigenvalue weighted by molar-refractivity contribution is 8.15. The van der Waals surface area contributed by atoms with Gasteiger partial charge in [-0.3, -0.25) is 24.4 Å².